The van der Waals surface area contributed by atoms with Crippen molar-refractivity contribution in [2.24, 2.45) is 22.5 Å². The van der Waals surface area contributed by atoms with Gasteiger partial charge in [-0.15, -0.1) is 0 Å². The third-order valence-electron chi connectivity index (χ3n) is 7.82. The SMILES string of the molecule is CC.CC.CC(C)C(CC(C)(C)C(C)(C)C(=O)OCCNC(=O)CCC(C)(C)OCCC(C)(C)N)c1ccccc1. The van der Waals surface area contributed by atoms with Gasteiger partial charge in [0.15, 0.2) is 0 Å². The van der Waals surface area contributed by atoms with E-state index < -0.39 is 11.0 Å². The molecule has 0 aromatic heterocycles. The fraction of sp³-hybridized carbons (Fsp3) is 0.771. The van der Waals surface area contributed by atoms with Crippen LogP contribution in [0.2, 0.25) is 0 Å². The molecule has 1 aromatic rings. The molecule has 6 nitrogen and oxygen atoms in total. The van der Waals surface area contributed by atoms with Crippen LogP contribution in [0.5, 0.6) is 0 Å². The Bertz CT molecular complexity index is 839. The van der Waals surface area contributed by atoms with E-state index in [1.165, 1.54) is 5.56 Å². The number of hydrogen-bond acceptors (Lipinski definition) is 5. The van der Waals surface area contributed by atoms with E-state index >= 15 is 0 Å². The summed E-state index contributed by atoms with van der Waals surface area (Å²) in [6.07, 6.45) is 2.57. The van der Waals surface area contributed by atoms with Crippen molar-refractivity contribution in [1.82, 2.24) is 5.32 Å². The molecule has 0 saturated carbocycles. The highest BCUT2D eigenvalue weighted by Gasteiger charge is 2.45. The molecular weight excluding hydrogens is 512 g/mol. The summed E-state index contributed by atoms with van der Waals surface area (Å²) in [5, 5.41) is 2.86. The van der Waals surface area contributed by atoms with Crippen LogP contribution < -0.4 is 11.1 Å². The van der Waals surface area contributed by atoms with Crippen LogP contribution in [0.1, 0.15) is 134 Å². The number of carbonyl (C=O) groups is 2. The molecule has 0 radical (unpaired) electrons. The molecule has 41 heavy (non-hydrogen) atoms. The van der Waals surface area contributed by atoms with Crippen molar-refractivity contribution in [3.63, 3.8) is 0 Å². The molecule has 0 aliphatic rings. The van der Waals surface area contributed by atoms with E-state index in [0.717, 1.165) is 12.8 Å². The first-order valence-corrected chi connectivity index (χ1v) is 15.8. The van der Waals surface area contributed by atoms with Crippen molar-refractivity contribution >= 4 is 11.9 Å². The number of hydrogen-bond donors (Lipinski definition) is 2. The van der Waals surface area contributed by atoms with Crippen molar-refractivity contribution in [3.8, 4) is 0 Å². The number of amides is 1. The van der Waals surface area contributed by atoms with E-state index in [-0.39, 0.29) is 29.4 Å². The summed E-state index contributed by atoms with van der Waals surface area (Å²) >= 11 is 0. The average molecular weight is 579 g/mol. The molecule has 240 valence electrons. The molecule has 1 amide bonds. The van der Waals surface area contributed by atoms with E-state index in [1.807, 2.05) is 75.3 Å². The second kappa shape index (κ2) is 19.3. The highest BCUT2D eigenvalue weighted by molar-refractivity contribution is 5.77. The maximum Gasteiger partial charge on any atom is 0.312 e. The maximum atomic E-state index is 13.1. The number of carbonyl (C=O) groups excluding carboxylic acids is 2. The van der Waals surface area contributed by atoms with Gasteiger partial charge in [0.2, 0.25) is 5.91 Å². The molecule has 1 atom stereocenters. The zero-order valence-electron chi connectivity index (χ0n) is 29.2. The first-order chi connectivity index (χ1) is 18.9. The van der Waals surface area contributed by atoms with Crippen LogP contribution in [0, 0.1) is 16.7 Å². The van der Waals surface area contributed by atoms with Crippen LogP contribution in [0.4, 0.5) is 0 Å². The molecule has 0 fully saturated rings. The number of nitrogens with one attached hydrogen (secondary N) is 1. The summed E-state index contributed by atoms with van der Waals surface area (Å²) in [5.41, 5.74) is 5.66. The lowest BCUT2D eigenvalue weighted by Crippen LogP contribution is -2.43. The number of nitrogens with two attached hydrogens (primary N) is 1. The first kappa shape index (κ1) is 41.2. The second-order valence-electron chi connectivity index (χ2n) is 13.3. The predicted molar refractivity (Wildman–Crippen MR) is 175 cm³/mol. The maximum absolute atomic E-state index is 13.1. The van der Waals surface area contributed by atoms with Gasteiger partial charge in [-0.1, -0.05) is 85.7 Å². The molecule has 0 heterocycles. The van der Waals surface area contributed by atoms with Crippen LogP contribution in [-0.2, 0) is 19.1 Å². The topological polar surface area (TPSA) is 90.6 Å². The second-order valence-corrected chi connectivity index (χ2v) is 13.3. The Morgan fingerprint density at radius 2 is 1.39 bits per heavy atom. The van der Waals surface area contributed by atoms with Gasteiger partial charge in [-0.2, -0.15) is 0 Å². The molecule has 0 aliphatic carbocycles. The molecule has 1 rings (SSSR count). The van der Waals surface area contributed by atoms with E-state index in [2.05, 4.69) is 57.3 Å². The zero-order valence-corrected chi connectivity index (χ0v) is 29.2. The minimum absolute atomic E-state index is 0.0749. The number of esters is 1. The lowest BCUT2D eigenvalue weighted by Gasteiger charge is -2.42. The number of rotatable bonds is 16. The zero-order chi connectivity index (χ0) is 32.5. The van der Waals surface area contributed by atoms with Gasteiger partial charge in [-0.3, -0.25) is 9.59 Å². The first-order valence-electron chi connectivity index (χ1n) is 15.8. The molecule has 3 N–H and O–H groups in total. The fourth-order valence-electron chi connectivity index (χ4n) is 4.20. The summed E-state index contributed by atoms with van der Waals surface area (Å²) in [6.45, 7) is 29.6. The smallest absolute Gasteiger partial charge is 0.312 e. The Morgan fingerprint density at radius 1 is 0.854 bits per heavy atom. The van der Waals surface area contributed by atoms with Gasteiger partial charge in [0.1, 0.15) is 6.61 Å². The summed E-state index contributed by atoms with van der Waals surface area (Å²) < 4.78 is 11.6. The van der Waals surface area contributed by atoms with Crippen LogP contribution in [-0.4, -0.2) is 42.8 Å². The third-order valence-corrected chi connectivity index (χ3v) is 7.82. The average Bonchev–Trinajstić information content (AvgIpc) is 2.90. The van der Waals surface area contributed by atoms with E-state index in [9.17, 15) is 9.59 Å². The summed E-state index contributed by atoms with van der Waals surface area (Å²) in [5.74, 6) is 0.484. The highest BCUT2D eigenvalue weighted by Crippen LogP contribution is 2.47. The molecule has 1 unspecified atom stereocenters. The van der Waals surface area contributed by atoms with Gasteiger partial charge < -0.3 is 20.5 Å². The quantitative estimate of drug-likeness (QED) is 0.152. The number of ether oxygens (including phenoxy) is 2. The van der Waals surface area contributed by atoms with Gasteiger partial charge in [0.25, 0.3) is 0 Å². The fourth-order valence-corrected chi connectivity index (χ4v) is 4.20. The summed E-state index contributed by atoms with van der Waals surface area (Å²) in [4.78, 5) is 25.4. The molecule has 0 aliphatic heterocycles. The van der Waals surface area contributed by atoms with Crippen LogP contribution in [0.25, 0.3) is 0 Å². The van der Waals surface area contributed by atoms with Gasteiger partial charge in [-0.25, -0.2) is 0 Å². The van der Waals surface area contributed by atoms with Gasteiger partial charge in [-0.05, 0) is 83.6 Å². The Kier molecular flexibility index (Phi) is 19.4. The van der Waals surface area contributed by atoms with Crippen LogP contribution in [0.15, 0.2) is 30.3 Å². The van der Waals surface area contributed by atoms with Crippen molar-refractivity contribution < 1.29 is 19.1 Å². The predicted octanol–water partition coefficient (Wildman–Crippen LogP) is 8.28. The minimum atomic E-state index is -0.682. The van der Waals surface area contributed by atoms with Gasteiger partial charge >= 0.3 is 5.97 Å². The molecule has 6 heteroatoms. The Hall–Kier alpha value is -1.92. The Balaban J connectivity index is 0. The molecule has 1 aromatic carbocycles. The monoisotopic (exact) mass is 579 g/mol. The highest BCUT2D eigenvalue weighted by atomic mass is 16.5. The Labute approximate surface area is 253 Å². The lowest BCUT2D eigenvalue weighted by molar-refractivity contribution is -0.161. The van der Waals surface area contributed by atoms with Crippen molar-refractivity contribution in [1.29, 1.82) is 0 Å². The largest absolute Gasteiger partial charge is 0.463 e. The molecule has 0 saturated heterocycles. The molecule has 0 bridgehead atoms. The lowest BCUT2D eigenvalue weighted by atomic mass is 9.62. The summed E-state index contributed by atoms with van der Waals surface area (Å²) in [6, 6.07) is 10.5. The van der Waals surface area contributed by atoms with Gasteiger partial charge in [0, 0.05) is 18.6 Å². The van der Waals surface area contributed by atoms with E-state index in [1.54, 1.807) is 0 Å². The Morgan fingerprint density at radius 3 is 1.88 bits per heavy atom. The third kappa shape index (κ3) is 16.3. The number of benzene rings is 1. The van der Waals surface area contributed by atoms with E-state index in [0.29, 0.717) is 37.8 Å². The van der Waals surface area contributed by atoms with Crippen molar-refractivity contribution in [3.05, 3.63) is 35.9 Å². The summed E-state index contributed by atoms with van der Waals surface area (Å²) in [7, 11) is 0. The molecular formula is C35H66N2O4. The van der Waals surface area contributed by atoms with Crippen LogP contribution in [0.3, 0.4) is 0 Å². The van der Waals surface area contributed by atoms with Gasteiger partial charge in [0.05, 0.1) is 17.6 Å². The van der Waals surface area contributed by atoms with Crippen molar-refractivity contribution in [2.75, 3.05) is 19.8 Å². The van der Waals surface area contributed by atoms with Crippen LogP contribution >= 0.6 is 0 Å². The minimum Gasteiger partial charge on any atom is -0.463 e. The van der Waals surface area contributed by atoms with E-state index in [4.69, 9.17) is 15.2 Å². The normalized spacial score (nSPS) is 12.9. The van der Waals surface area contributed by atoms with Crippen molar-refractivity contribution in [2.45, 2.75) is 140 Å². The molecule has 0 spiro atoms. The standard InChI is InChI=1S/C31H54N2O4.2C2H6/c1-23(2)25(24-14-12-11-13-15-24)22-28(3,4)31(9,10)27(35)36-21-19-33-26(34)16-17-30(7,8)37-20-18-29(5,6)32;2*1-2/h11-15,23,25H,16-22,32H2,1-10H3,(H,33,34);2*1-2H3.